The van der Waals surface area contributed by atoms with Crippen molar-refractivity contribution in [1.29, 1.82) is 0 Å². The van der Waals surface area contributed by atoms with E-state index in [1.165, 1.54) is 50.5 Å². The van der Waals surface area contributed by atoms with E-state index in [0.29, 0.717) is 18.2 Å². The molecule has 116 valence electrons. The Bertz CT molecular complexity index is 415. The number of hydrogen-bond donors (Lipinski definition) is 1. The van der Waals surface area contributed by atoms with E-state index in [4.69, 9.17) is 4.74 Å². The Morgan fingerprint density at radius 3 is 2.67 bits per heavy atom. The predicted octanol–water partition coefficient (Wildman–Crippen LogP) is 4.47. The van der Waals surface area contributed by atoms with Gasteiger partial charge in [-0.15, -0.1) is 0 Å². The van der Waals surface area contributed by atoms with Crippen molar-refractivity contribution in [3.05, 3.63) is 35.9 Å². The molecule has 0 bridgehead atoms. The summed E-state index contributed by atoms with van der Waals surface area (Å²) in [6.45, 7) is 3.22. The summed E-state index contributed by atoms with van der Waals surface area (Å²) < 4.78 is 5.99. The van der Waals surface area contributed by atoms with Crippen LogP contribution in [0.1, 0.15) is 63.5 Å². The monoisotopic (exact) mass is 287 g/mol. The van der Waals surface area contributed by atoms with Gasteiger partial charge in [0.15, 0.2) is 0 Å². The number of benzene rings is 1. The van der Waals surface area contributed by atoms with Gasteiger partial charge in [0.2, 0.25) is 0 Å². The minimum absolute atomic E-state index is 0.474. The summed E-state index contributed by atoms with van der Waals surface area (Å²) >= 11 is 0. The van der Waals surface area contributed by atoms with Crippen LogP contribution in [0, 0.1) is 5.92 Å². The zero-order valence-electron chi connectivity index (χ0n) is 13.3. The van der Waals surface area contributed by atoms with Crippen molar-refractivity contribution < 1.29 is 4.74 Å². The molecule has 1 saturated carbocycles. The molecular weight excluding hydrogens is 258 g/mol. The smallest absolute Gasteiger partial charge is 0.0757 e. The second-order valence-electron chi connectivity index (χ2n) is 6.69. The SMILES string of the molecule is CCCCCC(NC1CCOC1C1CC1)c1ccccc1. The molecule has 0 aromatic heterocycles. The van der Waals surface area contributed by atoms with Crippen LogP contribution in [0.5, 0.6) is 0 Å². The normalized spacial score (nSPS) is 26.9. The molecule has 0 spiro atoms. The number of rotatable bonds is 8. The van der Waals surface area contributed by atoms with Crippen LogP contribution in [0.2, 0.25) is 0 Å². The quantitative estimate of drug-likeness (QED) is 0.712. The van der Waals surface area contributed by atoms with Crippen LogP contribution < -0.4 is 5.32 Å². The molecule has 1 saturated heterocycles. The van der Waals surface area contributed by atoms with Crippen LogP contribution in [0.25, 0.3) is 0 Å². The van der Waals surface area contributed by atoms with Crippen LogP contribution in [0.15, 0.2) is 30.3 Å². The van der Waals surface area contributed by atoms with E-state index in [1.807, 2.05) is 0 Å². The fourth-order valence-electron chi connectivity index (χ4n) is 3.57. The lowest BCUT2D eigenvalue weighted by Gasteiger charge is -2.27. The van der Waals surface area contributed by atoms with Gasteiger partial charge in [-0.25, -0.2) is 0 Å². The molecule has 3 atom stereocenters. The molecule has 0 amide bonds. The summed E-state index contributed by atoms with van der Waals surface area (Å²) in [5.74, 6) is 0.831. The third-order valence-corrected chi connectivity index (χ3v) is 4.94. The van der Waals surface area contributed by atoms with E-state index in [-0.39, 0.29) is 0 Å². The third kappa shape index (κ3) is 4.08. The average molecular weight is 287 g/mol. The number of hydrogen-bond acceptors (Lipinski definition) is 2. The molecule has 3 rings (SSSR count). The first kappa shape index (κ1) is 15.1. The van der Waals surface area contributed by atoms with Crippen molar-refractivity contribution >= 4 is 0 Å². The predicted molar refractivity (Wildman–Crippen MR) is 87.3 cm³/mol. The number of nitrogens with one attached hydrogen (secondary N) is 1. The maximum absolute atomic E-state index is 5.99. The van der Waals surface area contributed by atoms with E-state index in [2.05, 4.69) is 42.6 Å². The summed E-state index contributed by atoms with van der Waals surface area (Å²) in [4.78, 5) is 0. The summed E-state index contributed by atoms with van der Waals surface area (Å²) in [6.07, 6.45) is 9.57. The standard InChI is InChI=1S/C19H29NO/c1-2-3-5-10-17(15-8-6-4-7-9-15)20-18-13-14-21-19(18)16-11-12-16/h4,6-9,16-20H,2-3,5,10-14H2,1H3. The molecule has 0 radical (unpaired) electrons. The second kappa shape index (κ2) is 7.42. The largest absolute Gasteiger partial charge is 0.376 e. The molecule has 21 heavy (non-hydrogen) atoms. The van der Waals surface area contributed by atoms with E-state index < -0.39 is 0 Å². The van der Waals surface area contributed by atoms with Crippen LogP contribution >= 0.6 is 0 Å². The molecule has 2 aliphatic rings. The van der Waals surface area contributed by atoms with Gasteiger partial charge in [-0.1, -0.05) is 56.5 Å². The maximum atomic E-state index is 5.99. The zero-order chi connectivity index (χ0) is 14.5. The third-order valence-electron chi connectivity index (χ3n) is 4.94. The highest BCUT2D eigenvalue weighted by Gasteiger charge is 2.41. The summed E-state index contributed by atoms with van der Waals surface area (Å²) in [5.41, 5.74) is 1.44. The van der Waals surface area contributed by atoms with Crippen molar-refractivity contribution in [2.45, 2.75) is 70.1 Å². The Kier molecular flexibility index (Phi) is 5.32. The second-order valence-corrected chi connectivity index (χ2v) is 6.69. The van der Waals surface area contributed by atoms with Gasteiger partial charge in [0.25, 0.3) is 0 Å². The van der Waals surface area contributed by atoms with E-state index in [9.17, 15) is 0 Å². The topological polar surface area (TPSA) is 21.3 Å². The molecule has 1 aromatic rings. The molecule has 1 aromatic carbocycles. The molecule has 2 fully saturated rings. The van der Waals surface area contributed by atoms with Crippen LogP contribution in [-0.4, -0.2) is 18.8 Å². The lowest BCUT2D eigenvalue weighted by Crippen LogP contribution is -2.40. The highest BCUT2D eigenvalue weighted by Crippen LogP contribution is 2.39. The summed E-state index contributed by atoms with van der Waals surface area (Å²) in [5, 5.41) is 3.94. The van der Waals surface area contributed by atoms with Gasteiger partial charge in [-0.3, -0.25) is 0 Å². The van der Waals surface area contributed by atoms with Gasteiger partial charge in [0.05, 0.1) is 6.10 Å². The first-order valence-corrected chi connectivity index (χ1v) is 8.81. The van der Waals surface area contributed by atoms with Crippen molar-refractivity contribution in [3.8, 4) is 0 Å². The van der Waals surface area contributed by atoms with Gasteiger partial charge < -0.3 is 10.1 Å². The zero-order valence-corrected chi connectivity index (χ0v) is 13.3. The van der Waals surface area contributed by atoms with Crippen LogP contribution in [0.3, 0.4) is 0 Å². The lowest BCUT2D eigenvalue weighted by atomic mass is 9.97. The highest BCUT2D eigenvalue weighted by atomic mass is 16.5. The van der Waals surface area contributed by atoms with E-state index in [0.717, 1.165) is 12.5 Å². The molecule has 2 nitrogen and oxygen atoms in total. The Morgan fingerprint density at radius 1 is 1.14 bits per heavy atom. The van der Waals surface area contributed by atoms with E-state index in [1.54, 1.807) is 0 Å². The van der Waals surface area contributed by atoms with Gasteiger partial charge >= 0.3 is 0 Å². The Hall–Kier alpha value is -0.860. The van der Waals surface area contributed by atoms with Crippen LogP contribution in [0.4, 0.5) is 0 Å². The van der Waals surface area contributed by atoms with Gasteiger partial charge in [-0.2, -0.15) is 0 Å². The van der Waals surface area contributed by atoms with Gasteiger partial charge in [-0.05, 0) is 37.2 Å². The lowest BCUT2D eigenvalue weighted by molar-refractivity contribution is 0.0785. The Labute approximate surface area is 129 Å². The molecule has 3 unspecified atom stereocenters. The van der Waals surface area contributed by atoms with Crippen molar-refractivity contribution in [2.24, 2.45) is 5.92 Å². The molecule has 1 aliphatic heterocycles. The highest BCUT2D eigenvalue weighted by molar-refractivity contribution is 5.19. The van der Waals surface area contributed by atoms with Crippen molar-refractivity contribution in [1.82, 2.24) is 5.32 Å². The van der Waals surface area contributed by atoms with Crippen molar-refractivity contribution in [2.75, 3.05) is 6.61 Å². The molecule has 1 heterocycles. The fraction of sp³-hybridized carbons (Fsp3) is 0.684. The van der Waals surface area contributed by atoms with Crippen molar-refractivity contribution in [3.63, 3.8) is 0 Å². The minimum atomic E-state index is 0.474. The Balaban J connectivity index is 1.63. The Morgan fingerprint density at radius 2 is 1.95 bits per heavy atom. The van der Waals surface area contributed by atoms with Gasteiger partial charge in [0, 0.05) is 18.7 Å². The molecular formula is C19H29NO. The molecule has 1 N–H and O–H groups in total. The van der Waals surface area contributed by atoms with E-state index >= 15 is 0 Å². The maximum Gasteiger partial charge on any atom is 0.0757 e. The molecule has 2 heteroatoms. The first-order chi connectivity index (χ1) is 10.4. The minimum Gasteiger partial charge on any atom is -0.376 e. The number of ether oxygens (including phenoxy) is 1. The summed E-state index contributed by atoms with van der Waals surface area (Å²) in [6, 6.07) is 12.0. The number of unbranched alkanes of at least 4 members (excludes halogenated alkanes) is 2. The first-order valence-electron chi connectivity index (χ1n) is 8.81. The molecule has 1 aliphatic carbocycles. The summed E-state index contributed by atoms with van der Waals surface area (Å²) in [7, 11) is 0. The van der Waals surface area contributed by atoms with Gasteiger partial charge in [0.1, 0.15) is 0 Å². The van der Waals surface area contributed by atoms with Crippen LogP contribution in [-0.2, 0) is 4.74 Å². The average Bonchev–Trinajstić information content (AvgIpc) is 3.27. The fourth-order valence-corrected chi connectivity index (χ4v) is 3.57.